The highest BCUT2D eigenvalue weighted by Gasteiger charge is 2.12. The molecule has 0 saturated heterocycles. The molecule has 0 heterocycles. The molecule has 0 amide bonds. The van der Waals surface area contributed by atoms with Gasteiger partial charge in [-0.1, -0.05) is 42.5 Å². The average Bonchev–Trinajstić information content (AvgIpc) is 2.56. The van der Waals surface area contributed by atoms with E-state index in [4.69, 9.17) is 4.74 Å². The number of esters is 1. The second-order valence-electron chi connectivity index (χ2n) is 5.52. The molecule has 2 aromatic rings. The number of ether oxygens (including phenoxy) is 1. The van der Waals surface area contributed by atoms with Crippen molar-refractivity contribution in [1.29, 1.82) is 0 Å². The van der Waals surface area contributed by atoms with Crippen LogP contribution < -0.4 is 0 Å². The molecule has 0 radical (unpaired) electrons. The van der Waals surface area contributed by atoms with E-state index in [0.717, 1.165) is 17.5 Å². The molecule has 122 valence electrons. The fourth-order valence-electron chi connectivity index (χ4n) is 2.28. The highest BCUT2D eigenvalue weighted by atomic mass is 16.5. The van der Waals surface area contributed by atoms with Crippen molar-refractivity contribution in [2.75, 3.05) is 6.61 Å². The Morgan fingerprint density at radius 2 is 1.61 bits per heavy atom. The normalized spacial score (nSPS) is 11.9. The fourth-order valence-corrected chi connectivity index (χ4v) is 2.28. The molecule has 1 atom stereocenters. The summed E-state index contributed by atoms with van der Waals surface area (Å²) < 4.78 is 5.14. The van der Waals surface area contributed by atoms with E-state index < -0.39 is 6.10 Å². The van der Waals surface area contributed by atoms with E-state index in [2.05, 4.69) is 0 Å². The van der Waals surface area contributed by atoms with Crippen molar-refractivity contribution in [1.82, 2.24) is 0 Å². The maximum Gasteiger partial charge on any atom is 0.308 e. The van der Waals surface area contributed by atoms with Gasteiger partial charge in [-0.15, -0.1) is 0 Å². The molecule has 0 saturated carbocycles. The minimum atomic E-state index is -0.684. The third-order valence-corrected chi connectivity index (χ3v) is 3.60. The minimum absolute atomic E-state index is 0.0163. The first kappa shape index (κ1) is 17.0. The summed E-state index contributed by atoms with van der Waals surface area (Å²) in [5, 5.41) is 19.1. The van der Waals surface area contributed by atoms with Crippen molar-refractivity contribution in [2.45, 2.75) is 31.8 Å². The number of hydrogen-bond donors (Lipinski definition) is 2. The van der Waals surface area contributed by atoms with Gasteiger partial charge in [-0.25, -0.2) is 0 Å². The molecule has 2 N–H and O–H groups in total. The molecule has 0 aromatic heterocycles. The van der Waals surface area contributed by atoms with Crippen LogP contribution in [0, 0.1) is 0 Å². The zero-order valence-corrected chi connectivity index (χ0v) is 13.0. The van der Waals surface area contributed by atoms with Crippen LogP contribution in [0.4, 0.5) is 0 Å². The maximum atomic E-state index is 11.7. The second kappa shape index (κ2) is 8.96. The van der Waals surface area contributed by atoms with Crippen LogP contribution in [-0.4, -0.2) is 28.9 Å². The van der Waals surface area contributed by atoms with Gasteiger partial charge in [0, 0.05) is 6.42 Å². The van der Waals surface area contributed by atoms with Gasteiger partial charge < -0.3 is 14.9 Å². The van der Waals surface area contributed by atoms with E-state index in [0.29, 0.717) is 12.8 Å². The first-order chi connectivity index (χ1) is 11.1. The monoisotopic (exact) mass is 314 g/mol. The van der Waals surface area contributed by atoms with Crippen LogP contribution in [0.1, 0.15) is 24.0 Å². The van der Waals surface area contributed by atoms with Gasteiger partial charge in [0.05, 0.1) is 19.1 Å². The summed E-state index contributed by atoms with van der Waals surface area (Å²) in [6.07, 6.45) is 1.20. The minimum Gasteiger partial charge on any atom is -0.508 e. The topological polar surface area (TPSA) is 66.8 Å². The Hall–Kier alpha value is -2.33. The Morgan fingerprint density at radius 3 is 2.30 bits per heavy atom. The summed E-state index contributed by atoms with van der Waals surface area (Å²) in [5.41, 5.74) is 2.13. The van der Waals surface area contributed by atoms with Gasteiger partial charge in [-0.05, 0) is 36.1 Å². The molecule has 23 heavy (non-hydrogen) atoms. The highest BCUT2D eigenvalue weighted by Crippen LogP contribution is 2.11. The summed E-state index contributed by atoms with van der Waals surface area (Å²) in [7, 11) is 0. The number of phenolic OH excluding ortho intramolecular Hbond substituents is 1. The highest BCUT2D eigenvalue weighted by molar-refractivity contribution is 5.69. The van der Waals surface area contributed by atoms with E-state index in [1.54, 1.807) is 24.3 Å². The van der Waals surface area contributed by atoms with Gasteiger partial charge in [0.2, 0.25) is 0 Å². The van der Waals surface area contributed by atoms with Crippen LogP contribution in [0.25, 0.3) is 0 Å². The molecule has 0 fully saturated rings. The summed E-state index contributed by atoms with van der Waals surface area (Å²) in [6, 6.07) is 16.7. The fraction of sp³-hybridized carbons (Fsp3) is 0.316. The van der Waals surface area contributed by atoms with Gasteiger partial charge in [-0.3, -0.25) is 4.79 Å². The first-order valence-electron chi connectivity index (χ1n) is 7.79. The quantitative estimate of drug-likeness (QED) is 0.735. The van der Waals surface area contributed by atoms with Crippen molar-refractivity contribution < 1.29 is 19.7 Å². The zero-order chi connectivity index (χ0) is 16.5. The standard InChI is InChI=1S/C19H22O4/c20-17-9-6-16(7-10-17)12-13-23-19(22)14-18(21)11-8-15-4-2-1-3-5-15/h1-7,9-10,18,20-21H,8,11-14H2/t18-/m0/s1. The molecular weight excluding hydrogens is 292 g/mol. The Balaban J connectivity index is 1.63. The van der Waals surface area contributed by atoms with Gasteiger partial charge in [0.25, 0.3) is 0 Å². The second-order valence-corrected chi connectivity index (χ2v) is 5.52. The van der Waals surface area contributed by atoms with Crippen LogP contribution in [-0.2, 0) is 22.4 Å². The van der Waals surface area contributed by atoms with Gasteiger partial charge >= 0.3 is 5.97 Å². The van der Waals surface area contributed by atoms with Crippen LogP contribution in [0.15, 0.2) is 54.6 Å². The van der Waals surface area contributed by atoms with Crippen molar-refractivity contribution >= 4 is 5.97 Å². The van der Waals surface area contributed by atoms with E-state index in [1.165, 1.54) is 0 Å². The molecule has 4 nitrogen and oxygen atoms in total. The van der Waals surface area contributed by atoms with Crippen LogP contribution in [0.2, 0.25) is 0 Å². The molecule has 0 spiro atoms. The Kier molecular flexibility index (Phi) is 6.63. The van der Waals surface area contributed by atoms with E-state index in [9.17, 15) is 15.0 Å². The van der Waals surface area contributed by atoms with Gasteiger partial charge in [0.1, 0.15) is 5.75 Å². The van der Waals surface area contributed by atoms with E-state index in [1.807, 2.05) is 30.3 Å². The number of benzene rings is 2. The molecule has 2 aromatic carbocycles. The van der Waals surface area contributed by atoms with Crippen molar-refractivity contribution in [3.05, 3.63) is 65.7 Å². The molecule has 4 heteroatoms. The number of aliphatic hydroxyl groups is 1. The van der Waals surface area contributed by atoms with Crippen molar-refractivity contribution in [3.63, 3.8) is 0 Å². The van der Waals surface area contributed by atoms with Crippen molar-refractivity contribution in [2.24, 2.45) is 0 Å². The van der Waals surface area contributed by atoms with Crippen LogP contribution in [0.5, 0.6) is 5.75 Å². The number of hydrogen-bond acceptors (Lipinski definition) is 4. The van der Waals surface area contributed by atoms with Crippen molar-refractivity contribution in [3.8, 4) is 5.75 Å². The largest absolute Gasteiger partial charge is 0.508 e. The lowest BCUT2D eigenvalue weighted by Gasteiger charge is -2.10. The van der Waals surface area contributed by atoms with Gasteiger partial charge in [-0.2, -0.15) is 0 Å². The summed E-state index contributed by atoms with van der Waals surface area (Å²) in [6.45, 7) is 0.273. The Morgan fingerprint density at radius 1 is 0.957 bits per heavy atom. The lowest BCUT2D eigenvalue weighted by molar-refractivity contribution is -0.145. The average molecular weight is 314 g/mol. The molecule has 0 aliphatic carbocycles. The lowest BCUT2D eigenvalue weighted by atomic mass is 10.1. The number of carbonyl (C=O) groups is 1. The summed E-state index contributed by atoms with van der Waals surface area (Å²) in [4.78, 5) is 11.7. The van der Waals surface area contributed by atoms with E-state index >= 15 is 0 Å². The third kappa shape index (κ3) is 6.53. The first-order valence-corrected chi connectivity index (χ1v) is 7.79. The predicted octanol–water partition coefficient (Wildman–Crippen LogP) is 2.86. The summed E-state index contributed by atoms with van der Waals surface area (Å²) >= 11 is 0. The molecule has 0 aliphatic heterocycles. The lowest BCUT2D eigenvalue weighted by Crippen LogP contribution is -2.17. The molecule has 0 bridgehead atoms. The smallest absolute Gasteiger partial charge is 0.308 e. The predicted molar refractivity (Wildman–Crippen MR) is 88.2 cm³/mol. The molecule has 2 rings (SSSR count). The number of carbonyl (C=O) groups excluding carboxylic acids is 1. The third-order valence-electron chi connectivity index (χ3n) is 3.60. The summed E-state index contributed by atoms with van der Waals surface area (Å²) in [5.74, 6) is -0.170. The zero-order valence-electron chi connectivity index (χ0n) is 13.0. The van der Waals surface area contributed by atoms with Gasteiger partial charge in [0.15, 0.2) is 0 Å². The number of rotatable bonds is 8. The van der Waals surface area contributed by atoms with Crippen LogP contribution in [0.3, 0.4) is 0 Å². The van der Waals surface area contributed by atoms with E-state index in [-0.39, 0.29) is 24.7 Å². The molecule has 0 aliphatic rings. The number of aromatic hydroxyl groups is 1. The number of aryl methyl sites for hydroxylation is 1. The Labute approximate surface area is 136 Å². The number of phenols is 1. The maximum absolute atomic E-state index is 11.7. The van der Waals surface area contributed by atoms with Crippen LogP contribution >= 0.6 is 0 Å². The molecular formula is C19H22O4. The Bertz CT molecular complexity index is 593. The SMILES string of the molecule is O=C(C[C@@H](O)CCc1ccccc1)OCCc1ccc(O)cc1. The number of aliphatic hydroxyl groups excluding tert-OH is 1. The molecule has 0 unspecified atom stereocenters.